The van der Waals surface area contributed by atoms with Crippen molar-refractivity contribution in [1.29, 1.82) is 0 Å². The summed E-state index contributed by atoms with van der Waals surface area (Å²) in [6, 6.07) is 8.89. The number of aryl methyl sites for hydroxylation is 1. The van der Waals surface area contributed by atoms with Crippen LogP contribution in [0.2, 0.25) is 5.02 Å². The van der Waals surface area contributed by atoms with E-state index in [-0.39, 0.29) is 5.78 Å². The van der Waals surface area contributed by atoms with Gasteiger partial charge in [-0.05, 0) is 30.7 Å². The molecule has 0 N–H and O–H groups in total. The van der Waals surface area contributed by atoms with Gasteiger partial charge in [0.15, 0.2) is 5.78 Å². The van der Waals surface area contributed by atoms with Crippen LogP contribution in [0.5, 0.6) is 0 Å². The summed E-state index contributed by atoms with van der Waals surface area (Å²) in [5.74, 6) is 0.569. The molecule has 0 aliphatic carbocycles. The summed E-state index contributed by atoms with van der Waals surface area (Å²) in [5, 5.41) is 0.633. The normalized spacial score (nSPS) is 10.2. The van der Waals surface area contributed by atoms with Crippen LogP contribution in [0.1, 0.15) is 21.9 Å². The second-order valence-electron chi connectivity index (χ2n) is 3.72. The minimum Gasteiger partial charge on any atom is -0.292 e. The lowest BCUT2D eigenvalue weighted by Gasteiger charge is -2.02. The summed E-state index contributed by atoms with van der Waals surface area (Å²) in [7, 11) is 0. The van der Waals surface area contributed by atoms with Crippen molar-refractivity contribution in [2.45, 2.75) is 13.3 Å². The summed E-state index contributed by atoms with van der Waals surface area (Å²) in [6.45, 7) is 1.76. The fraction of sp³-hybridized carbons (Fsp3) is 0.154. The highest BCUT2D eigenvalue weighted by Gasteiger charge is 2.09. The van der Waals surface area contributed by atoms with Gasteiger partial charge in [0.05, 0.1) is 0 Å². The topological polar surface area (TPSA) is 42.9 Å². The second kappa shape index (κ2) is 5.06. The van der Waals surface area contributed by atoms with Crippen molar-refractivity contribution in [3.05, 3.63) is 58.6 Å². The van der Waals surface area contributed by atoms with E-state index in [9.17, 15) is 4.79 Å². The first-order chi connectivity index (χ1) is 8.15. The number of rotatable bonds is 3. The summed E-state index contributed by atoms with van der Waals surface area (Å²) in [4.78, 5) is 20.0. The Kier molecular flexibility index (Phi) is 3.49. The molecule has 0 radical (unpaired) electrons. The van der Waals surface area contributed by atoms with Crippen molar-refractivity contribution in [2.24, 2.45) is 0 Å². The van der Waals surface area contributed by atoms with Gasteiger partial charge in [-0.1, -0.05) is 23.7 Å². The molecule has 0 spiro atoms. The Labute approximate surface area is 104 Å². The van der Waals surface area contributed by atoms with E-state index in [1.165, 1.54) is 0 Å². The smallest absolute Gasteiger partial charge is 0.185 e. The number of hydrogen-bond donors (Lipinski definition) is 0. The zero-order valence-electron chi connectivity index (χ0n) is 9.35. The van der Waals surface area contributed by atoms with Crippen molar-refractivity contribution < 1.29 is 4.79 Å². The molecule has 1 aromatic heterocycles. The third kappa shape index (κ3) is 3.11. The number of nitrogens with zero attached hydrogens (tertiary/aromatic N) is 2. The minimum atomic E-state index is -0.0298. The molecule has 0 fully saturated rings. The van der Waals surface area contributed by atoms with Gasteiger partial charge in [0.2, 0.25) is 0 Å². The molecule has 1 heterocycles. The molecule has 2 aromatic rings. The van der Waals surface area contributed by atoms with E-state index in [0.717, 1.165) is 5.56 Å². The highest BCUT2D eigenvalue weighted by Crippen LogP contribution is 2.12. The molecular weight excluding hydrogens is 236 g/mol. The molecule has 0 aliphatic rings. The van der Waals surface area contributed by atoms with Crippen LogP contribution < -0.4 is 0 Å². The van der Waals surface area contributed by atoms with E-state index in [2.05, 4.69) is 9.97 Å². The molecule has 3 nitrogen and oxygen atoms in total. The van der Waals surface area contributed by atoms with Gasteiger partial charge >= 0.3 is 0 Å². The first-order valence-corrected chi connectivity index (χ1v) is 5.60. The van der Waals surface area contributed by atoms with Crippen LogP contribution in [0.3, 0.4) is 0 Å². The zero-order chi connectivity index (χ0) is 12.3. The number of ketones is 1. The highest BCUT2D eigenvalue weighted by atomic mass is 35.5. The molecule has 0 bridgehead atoms. The lowest BCUT2D eigenvalue weighted by molar-refractivity contribution is 0.0988. The third-order valence-electron chi connectivity index (χ3n) is 2.32. The molecule has 0 atom stereocenters. The Hall–Kier alpha value is -1.74. The van der Waals surface area contributed by atoms with Gasteiger partial charge in [0.25, 0.3) is 0 Å². The first kappa shape index (κ1) is 11.7. The van der Waals surface area contributed by atoms with Crippen molar-refractivity contribution in [3.8, 4) is 0 Å². The van der Waals surface area contributed by atoms with Gasteiger partial charge in [0, 0.05) is 17.6 Å². The van der Waals surface area contributed by atoms with Crippen LogP contribution in [0.25, 0.3) is 0 Å². The third-order valence-corrected chi connectivity index (χ3v) is 2.55. The maximum Gasteiger partial charge on any atom is 0.185 e. The molecule has 0 aliphatic heterocycles. The van der Waals surface area contributed by atoms with Crippen LogP contribution in [0, 0.1) is 6.92 Å². The number of aromatic nitrogens is 2. The summed E-state index contributed by atoms with van der Waals surface area (Å²) in [5.41, 5.74) is 1.33. The molecule has 0 saturated carbocycles. The highest BCUT2D eigenvalue weighted by molar-refractivity contribution is 6.30. The van der Waals surface area contributed by atoms with Crippen molar-refractivity contribution in [2.75, 3.05) is 0 Å². The first-order valence-electron chi connectivity index (χ1n) is 5.22. The van der Waals surface area contributed by atoms with Crippen LogP contribution in [-0.4, -0.2) is 15.8 Å². The van der Waals surface area contributed by atoms with Crippen molar-refractivity contribution in [1.82, 2.24) is 9.97 Å². The molecule has 2 rings (SSSR count). The Balaban J connectivity index is 2.17. The molecule has 0 unspecified atom stereocenters. The van der Waals surface area contributed by atoms with E-state index in [1.54, 1.807) is 31.3 Å². The maximum absolute atomic E-state index is 11.9. The van der Waals surface area contributed by atoms with Crippen LogP contribution in [0.15, 0.2) is 36.5 Å². The van der Waals surface area contributed by atoms with Gasteiger partial charge in [-0.2, -0.15) is 0 Å². The lowest BCUT2D eigenvalue weighted by atomic mass is 10.1. The van der Waals surface area contributed by atoms with E-state index >= 15 is 0 Å². The van der Waals surface area contributed by atoms with Crippen molar-refractivity contribution >= 4 is 17.4 Å². The standard InChI is InChI=1S/C13H11ClN2O/c1-9-15-6-5-12(16-9)13(17)8-10-3-2-4-11(14)7-10/h2-7H,8H2,1H3. The van der Waals surface area contributed by atoms with Gasteiger partial charge in [-0.25, -0.2) is 9.97 Å². The monoisotopic (exact) mass is 246 g/mol. The number of benzene rings is 1. The number of carbonyl (C=O) groups is 1. The van der Waals surface area contributed by atoms with Gasteiger partial charge < -0.3 is 0 Å². The molecular formula is C13H11ClN2O. The number of Topliss-reactive ketones (excluding diaryl/α,β-unsaturated/α-hetero) is 1. The van der Waals surface area contributed by atoms with Crippen LogP contribution in [-0.2, 0) is 6.42 Å². The molecule has 4 heteroatoms. The van der Waals surface area contributed by atoms with Crippen LogP contribution in [0.4, 0.5) is 0 Å². The average molecular weight is 247 g/mol. The average Bonchev–Trinajstić information content (AvgIpc) is 2.29. The zero-order valence-corrected chi connectivity index (χ0v) is 10.1. The van der Waals surface area contributed by atoms with E-state index in [1.807, 2.05) is 12.1 Å². The Bertz CT molecular complexity index is 555. The SMILES string of the molecule is Cc1nccc(C(=O)Cc2cccc(Cl)c2)n1. The molecule has 0 amide bonds. The predicted molar refractivity (Wildman–Crippen MR) is 66.3 cm³/mol. The van der Waals surface area contributed by atoms with E-state index in [0.29, 0.717) is 23.0 Å². The quantitative estimate of drug-likeness (QED) is 0.782. The summed E-state index contributed by atoms with van der Waals surface area (Å²) < 4.78 is 0. The predicted octanol–water partition coefficient (Wildman–Crippen LogP) is 2.86. The van der Waals surface area contributed by atoms with Crippen LogP contribution >= 0.6 is 11.6 Å². The van der Waals surface area contributed by atoms with E-state index < -0.39 is 0 Å². The fourth-order valence-electron chi connectivity index (χ4n) is 1.53. The second-order valence-corrected chi connectivity index (χ2v) is 4.16. The summed E-state index contributed by atoms with van der Waals surface area (Å²) in [6.07, 6.45) is 1.89. The maximum atomic E-state index is 11.9. The lowest BCUT2D eigenvalue weighted by Crippen LogP contribution is -2.07. The Morgan fingerprint density at radius 3 is 2.88 bits per heavy atom. The largest absolute Gasteiger partial charge is 0.292 e. The summed E-state index contributed by atoms with van der Waals surface area (Å²) >= 11 is 5.86. The Morgan fingerprint density at radius 2 is 2.18 bits per heavy atom. The Morgan fingerprint density at radius 1 is 1.35 bits per heavy atom. The van der Waals surface area contributed by atoms with Crippen molar-refractivity contribution in [3.63, 3.8) is 0 Å². The number of halogens is 1. The molecule has 86 valence electrons. The number of hydrogen-bond acceptors (Lipinski definition) is 3. The van der Waals surface area contributed by atoms with E-state index in [4.69, 9.17) is 11.6 Å². The number of carbonyl (C=O) groups excluding carboxylic acids is 1. The van der Waals surface area contributed by atoms with Gasteiger partial charge in [0.1, 0.15) is 11.5 Å². The van der Waals surface area contributed by atoms with Gasteiger partial charge in [-0.3, -0.25) is 4.79 Å². The molecule has 17 heavy (non-hydrogen) atoms. The molecule has 1 aromatic carbocycles. The minimum absolute atomic E-state index is 0.0298. The van der Waals surface area contributed by atoms with Gasteiger partial charge in [-0.15, -0.1) is 0 Å². The molecule has 0 saturated heterocycles. The fourth-order valence-corrected chi connectivity index (χ4v) is 1.75.